The largest absolute Gasteiger partial charge is 0.469 e. The molecule has 3 aliphatic rings. The fourth-order valence-electron chi connectivity index (χ4n) is 3.01. The van der Waals surface area contributed by atoms with Gasteiger partial charge in [-0.25, -0.2) is 0 Å². The summed E-state index contributed by atoms with van der Waals surface area (Å²) in [7, 11) is -8.33. The van der Waals surface area contributed by atoms with Gasteiger partial charge >= 0.3 is 27.4 Å². The molecule has 8 radical (unpaired) electrons. The first-order chi connectivity index (χ1) is 15.9. The van der Waals surface area contributed by atoms with Gasteiger partial charge in [0.2, 0.25) is 25.2 Å². The van der Waals surface area contributed by atoms with Crippen molar-refractivity contribution in [2.24, 2.45) is 0 Å². The van der Waals surface area contributed by atoms with E-state index in [0.717, 1.165) is 37.4 Å². The van der Waals surface area contributed by atoms with Gasteiger partial charge in [-0.1, -0.05) is 12.8 Å². The summed E-state index contributed by atoms with van der Waals surface area (Å²) in [6, 6.07) is 5.03. The van der Waals surface area contributed by atoms with Crippen molar-refractivity contribution in [1.82, 2.24) is 0 Å². The van der Waals surface area contributed by atoms with Crippen LogP contribution in [-0.4, -0.2) is 72.6 Å². The molecule has 0 spiro atoms. The smallest absolute Gasteiger partial charge is 0.435 e. The van der Waals surface area contributed by atoms with Crippen molar-refractivity contribution in [2.45, 2.75) is 62.3 Å². The Balaban J connectivity index is -0.000000376. The van der Waals surface area contributed by atoms with Gasteiger partial charge < -0.3 is 62.1 Å². The molecule has 36 heavy (non-hydrogen) atoms. The summed E-state index contributed by atoms with van der Waals surface area (Å²) < 4.78 is 63.6. The molecule has 0 aromatic carbocycles. The van der Waals surface area contributed by atoms with Gasteiger partial charge in [0.25, 0.3) is 0 Å². The van der Waals surface area contributed by atoms with Crippen molar-refractivity contribution >= 4 is 52.6 Å². The summed E-state index contributed by atoms with van der Waals surface area (Å²) in [5.74, 6) is 0. The Morgan fingerprint density at radius 2 is 0.972 bits per heavy atom. The second-order valence-corrected chi connectivity index (χ2v) is 26.1. The second-order valence-electron chi connectivity index (χ2n) is 6.70. The summed E-state index contributed by atoms with van der Waals surface area (Å²) in [6.45, 7) is 19.0. The van der Waals surface area contributed by atoms with E-state index >= 15 is 0 Å². The molecule has 204 valence electrons. The molecule has 0 aliphatic carbocycles. The molecular formula is C19H38F3O5Si6Y3-6. The van der Waals surface area contributed by atoms with E-state index in [1.165, 1.54) is 24.9 Å². The number of hydrogen-bond acceptors (Lipinski definition) is 5. The van der Waals surface area contributed by atoms with Gasteiger partial charge in [-0.15, -0.1) is 0 Å². The van der Waals surface area contributed by atoms with E-state index in [-0.39, 0.29) is 98.1 Å². The molecule has 5 nitrogen and oxygen atoms in total. The first-order valence-corrected chi connectivity index (χ1v) is 22.7. The minimum Gasteiger partial charge on any atom is -0.435 e. The van der Waals surface area contributed by atoms with E-state index in [2.05, 4.69) is 41.5 Å². The van der Waals surface area contributed by atoms with E-state index in [0.29, 0.717) is 0 Å². The maximum atomic E-state index is 10.2. The molecule has 0 unspecified atom stereocenters. The molecule has 0 aromatic rings. The summed E-state index contributed by atoms with van der Waals surface area (Å²) in [5.41, 5.74) is 0. The SMILES string of the molecule is [CH2-]CC[Si]1O[Si]2CCCC[Si]3O[Si](CC[CH2-])O[Si](CC[CH2-])(O1)O[Si]23.[CH2-]CF.[CH2-]CF.[CH2-]CF.[Y].[Y].[Y]. The zero-order chi connectivity index (χ0) is 25.1. The zero-order valence-corrected chi connectivity index (χ0v) is 35.9. The third kappa shape index (κ3) is 19.4. The summed E-state index contributed by atoms with van der Waals surface area (Å²) >= 11 is 0. The van der Waals surface area contributed by atoms with Gasteiger partial charge in [0.15, 0.2) is 0 Å². The van der Waals surface area contributed by atoms with Crippen LogP contribution < -0.4 is 0 Å². The number of halogens is 3. The molecule has 0 N–H and O–H groups in total. The van der Waals surface area contributed by atoms with E-state index in [1.807, 2.05) is 0 Å². The Morgan fingerprint density at radius 1 is 0.611 bits per heavy atom. The van der Waals surface area contributed by atoms with Gasteiger partial charge in [-0.3, -0.25) is 13.2 Å². The Bertz CT molecular complexity index is 446. The number of fused-ring (bicyclic) bond motifs is 1. The quantitative estimate of drug-likeness (QED) is 0.280. The molecule has 0 aromatic heterocycles. The average molecular weight is 839 g/mol. The van der Waals surface area contributed by atoms with Crippen molar-refractivity contribution in [3.63, 3.8) is 0 Å². The fourth-order valence-corrected chi connectivity index (χ4v) is 39.9. The molecule has 3 heterocycles. The standard InChI is InChI=1S/C13H26O5Si6.3C2H4F.3Y/c1-4-9-19-14-21-11-7-8-12-22-15-20(10-5-2)17-24(16-19,13-6-3)18-23(21)22;3*1-2-3;;;/h1-13H2;3*1-2H2;;;/q-3;3*-1;;;. The van der Waals surface area contributed by atoms with Crippen molar-refractivity contribution in [1.29, 1.82) is 0 Å². The van der Waals surface area contributed by atoms with Crippen LogP contribution >= 0.6 is 0 Å². The first-order valence-electron chi connectivity index (χ1n) is 11.1. The molecule has 0 atom stereocenters. The summed E-state index contributed by atoms with van der Waals surface area (Å²) in [6.07, 6.45) is 5.00. The van der Waals surface area contributed by atoms with Crippen molar-refractivity contribution in [2.75, 3.05) is 20.0 Å². The number of rotatable bonds is 6. The number of hydrogen-bond donors (Lipinski definition) is 0. The minimum absolute atomic E-state index is 0. The van der Waals surface area contributed by atoms with Crippen molar-refractivity contribution in [3.05, 3.63) is 41.5 Å². The van der Waals surface area contributed by atoms with Crippen LogP contribution in [0.5, 0.6) is 0 Å². The van der Waals surface area contributed by atoms with E-state index in [4.69, 9.17) is 20.6 Å². The van der Waals surface area contributed by atoms with E-state index in [9.17, 15) is 13.2 Å². The predicted octanol–water partition coefficient (Wildman–Crippen LogP) is 4.97. The molecule has 3 aliphatic heterocycles. The Morgan fingerprint density at radius 3 is 1.28 bits per heavy atom. The van der Waals surface area contributed by atoms with E-state index in [1.54, 1.807) is 0 Å². The molecule has 0 saturated carbocycles. The van der Waals surface area contributed by atoms with Crippen LogP contribution in [0.2, 0.25) is 30.2 Å². The minimum atomic E-state index is -2.70. The van der Waals surface area contributed by atoms with Crippen LogP contribution in [0.25, 0.3) is 0 Å². The van der Waals surface area contributed by atoms with Crippen LogP contribution in [0.15, 0.2) is 0 Å². The van der Waals surface area contributed by atoms with Crippen molar-refractivity contribution < 1.29 is 132 Å². The third-order valence-corrected chi connectivity index (χ3v) is 32.6. The summed E-state index contributed by atoms with van der Waals surface area (Å²) in [5, 5.41) is 0. The maximum absolute atomic E-state index is 10.2. The third-order valence-electron chi connectivity index (χ3n) is 4.08. The molecule has 0 amide bonds. The average Bonchev–Trinajstić information content (AvgIpc) is 3.07. The van der Waals surface area contributed by atoms with Gasteiger partial charge in [-0.05, 0) is 50.2 Å². The fraction of sp³-hybridized carbons (Fsp3) is 0.684. The molecule has 3 rings (SSSR count). The van der Waals surface area contributed by atoms with Crippen LogP contribution in [0.4, 0.5) is 13.2 Å². The van der Waals surface area contributed by atoms with Crippen LogP contribution in [0, 0.1) is 41.5 Å². The summed E-state index contributed by atoms with van der Waals surface area (Å²) in [4.78, 5) is 0. The van der Waals surface area contributed by atoms with Gasteiger partial charge in [-0.2, -0.15) is 19.3 Å². The molecule has 17 heteroatoms. The number of alkyl halides is 3. The molecule has 3 fully saturated rings. The Kier molecular flexibility index (Phi) is 40.1. The van der Waals surface area contributed by atoms with E-state index < -0.39 is 72.6 Å². The second kappa shape index (κ2) is 30.7. The Labute approximate surface area is 304 Å². The first kappa shape index (κ1) is 47.1. The molecule has 3 saturated heterocycles. The molecule has 2 bridgehead atoms. The normalized spacial score (nSPS) is 19.9. The van der Waals surface area contributed by atoms with Crippen LogP contribution in [0.1, 0.15) is 32.1 Å². The van der Waals surface area contributed by atoms with Gasteiger partial charge in [0, 0.05) is 98.1 Å². The topological polar surface area (TPSA) is 46.2 Å². The van der Waals surface area contributed by atoms with Gasteiger partial charge in [0.05, 0.1) is 0 Å². The maximum Gasteiger partial charge on any atom is 0.469 e. The molecular weight excluding hydrogens is 800 g/mol. The van der Waals surface area contributed by atoms with Crippen LogP contribution in [-0.2, 0) is 119 Å². The van der Waals surface area contributed by atoms with Crippen LogP contribution in [0.3, 0.4) is 0 Å². The van der Waals surface area contributed by atoms with Crippen molar-refractivity contribution in [3.8, 4) is 0 Å². The zero-order valence-electron chi connectivity index (χ0n) is 21.3. The Hall–Kier alpha value is 4.20. The predicted molar refractivity (Wildman–Crippen MR) is 137 cm³/mol. The monoisotopic (exact) mass is 838 g/mol. The van der Waals surface area contributed by atoms with Gasteiger partial charge in [0.1, 0.15) is 0 Å².